The minimum absolute atomic E-state index is 0.0514. The van der Waals surface area contributed by atoms with Crippen LogP contribution in [0.4, 0.5) is 0 Å². The van der Waals surface area contributed by atoms with Gasteiger partial charge in [-0.05, 0) is 49.7 Å². The van der Waals surface area contributed by atoms with E-state index in [2.05, 4.69) is 22.4 Å². The summed E-state index contributed by atoms with van der Waals surface area (Å²) in [5.74, 6) is 1.24. The van der Waals surface area contributed by atoms with Crippen LogP contribution in [-0.4, -0.2) is 34.4 Å². The van der Waals surface area contributed by atoms with E-state index in [0.717, 1.165) is 28.8 Å². The average Bonchev–Trinajstić information content (AvgIpc) is 3.15. The number of ether oxygens (including phenoxy) is 1. The van der Waals surface area contributed by atoms with Gasteiger partial charge in [0.15, 0.2) is 5.58 Å². The number of hydrogen-bond acceptors (Lipinski definition) is 6. The molecule has 29 heavy (non-hydrogen) atoms. The third-order valence-electron chi connectivity index (χ3n) is 4.89. The number of aromatic nitrogens is 1. The molecule has 1 amide bonds. The van der Waals surface area contributed by atoms with Crippen molar-refractivity contribution in [2.75, 3.05) is 6.61 Å². The Morgan fingerprint density at radius 3 is 2.72 bits per heavy atom. The Balaban J connectivity index is 1.59. The molecular formula is C22H23N3O4. The number of carbonyl (C=O) groups is 1. The van der Waals surface area contributed by atoms with Crippen molar-refractivity contribution >= 4 is 22.7 Å². The lowest BCUT2D eigenvalue weighted by atomic mass is 9.90. The summed E-state index contributed by atoms with van der Waals surface area (Å²) in [4.78, 5) is 16.2. The van der Waals surface area contributed by atoms with Crippen LogP contribution in [0.3, 0.4) is 0 Å². The summed E-state index contributed by atoms with van der Waals surface area (Å²) in [7, 11) is 0. The molecule has 0 aliphatic carbocycles. The van der Waals surface area contributed by atoms with E-state index in [1.807, 2.05) is 42.5 Å². The van der Waals surface area contributed by atoms with Gasteiger partial charge in [0.2, 0.25) is 11.8 Å². The summed E-state index contributed by atoms with van der Waals surface area (Å²) in [6, 6.07) is 13.2. The van der Waals surface area contributed by atoms with Crippen LogP contribution in [0, 0.1) is 5.92 Å². The predicted octanol–water partition coefficient (Wildman–Crippen LogP) is 3.50. The summed E-state index contributed by atoms with van der Waals surface area (Å²) >= 11 is 0. The number of oxazole rings is 1. The van der Waals surface area contributed by atoms with Crippen molar-refractivity contribution in [2.45, 2.75) is 32.8 Å². The third kappa shape index (κ3) is 4.14. The minimum Gasteiger partial charge on any atom is -0.491 e. The number of benzene rings is 2. The van der Waals surface area contributed by atoms with Gasteiger partial charge in [-0.2, -0.15) is 5.10 Å². The van der Waals surface area contributed by atoms with Crippen LogP contribution >= 0.6 is 0 Å². The lowest BCUT2D eigenvalue weighted by Gasteiger charge is -2.21. The Labute approximate surface area is 168 Å². The Kier molecular flexibility index (Phi) is 5.31. The second kappa shape index (κ2) is 8.05. The number of nitrogens with zero attached hydrogens (tertiary/aromatic N) is 2. The van der Waals surface area contributed by atoms with Crippen molar-refractivity contribution in [1.82, 2.24) is 10.4 Å². The molecule has 0 radical (unpaired) electrons. The molecule has 150 valence electrons. The van der Waals surface area contributed by atoms with Crippen LogP contribution in [0.15, 0.2) is 52.0 Å². The zero-order valence-electron chi connectivity index (χ0n) is 16.4. The molecule has 2 aromatic carbocycles. The molecule has 7 heteroatoms. The quantitative estimate of drug-likeness (QED) is 0.668. The minimum atomic E-state index is -0.518. The molecule has 2 heterocycles. The van der Waals surface area contributed by atoms with Gasteiger partial charge in [-0.15, -0.1) is 0 Å². The zero-order valence-corrected chi connectivity index (χ0v) is 16.4. The molecule has 2 atom stereocenters. The van der Waals surface area contributed by atoms with Gasteiger partial charge in [0.25, 0.3) is 0 Å². The van der Waals surface area contributed by atoms with E-state index in [-0.39, 0.29) is 18.4 Å². The van der Waals surface area contributed by atoms with E-state index in [4.69, 9.17) is 9.15 Å². The number of fused-ring (bicyclic) bond motifs is 1. The van der Waals surface area contributed by atoms with Crippen molar-refractivity contribution in [2.24, 2.45) is 11.0 Å². The molecule has 4 rings (SSSR count). The molecule has 0 fully saturated rings. The highest BCUT2D eigenvalue weighted by Gasteiger charge is 2.24. The first-order valence-electron chi connectivity index (χ1n) is 9.72. The average molecular weight is 393 g/mol. The fourth-order valence-electron chi connectivity index (χ4n) is 3.34. The van der Waals surface area contributed by atoms with Gasteiger partial charge < -0.3 is 14.3 Å². The summed E-state index contributed by atoms with van der Waals surface area (Å²) in [6.45, 7) is 3.98. The summed E-state index contributed by atoms with van der Waals surface area (Å²) in [5, 5.41) is 13.6. The SMILES string of the molecule is CCC1CC(=O)NN=C1c1ccc2nc(-c3ccc(OCC(C)O)cc3)oc2c1. The number of hydrogen-bond donors (Lipinski definition) is 2. The van der Waals surface area contributed by atoms with E-state index in [9.17, 15) is 9.90 Å². The fourth-order valence-corrected chi connectivity index (χ4v) is 3.34. The molecule has 0 spiro atoms. The number of aliphatic hydroxyl groups is 1. The molecule has 1 aliphatic heterocycles. The van der Waals surface area contributed by atoms with Crippen LogP contribution in [0.25, 0.3) is 22.6 Å². The molecule has 0 saturated carbocycles. The van der Waals surface area contributed by atoms with Gasteiger partial charge in [0.05, 0.1) is 11.8 Å². The van der Waals surface area contributed by atoms with Gasteiger partial charge in [-0.3, -0.25) is 4.79 Å². The smallest absolute Gasteiger partial charge is 0.240 e. The van der Waals surface area contributed by atoms with Crippen LogP contribution in [0.1, 0.15) is 32.3 Å². The standard InChI is InChI=1S/C22H23N3O4/c1-3-14-11-20(27)24-25-21(14)16-6-9-18-19(10-16)29-22(23-18)15-4-7-17(8-5-15)28-12-13(2)26/h4-10,13-14,26H,3,11-12H2,1-2H3,(H,24,27). The Morgan fingerprint density at radius 1 is 1.24 bits per heavy atom. The number of amides is 1. The lowest BCUT2D eigenvalue weighted by molar-refractivity contribution is -0.122. The first-order chi connectivity index (χ1) is 14.0. The van der Waals surface area contributed by atoms with Gasteiger partial charge in [-0.1, -0.05) is 13.0 Å². The Morgan fingerprint density at radius 2 is 2.00 bits per heavy atom. The number of carbonyl (C=O) groups excluding carboxylic acids is 1. The fraction of sp³-hybridized carbons (Fsp3) is 0.318. The highest BCUT2D eigenvalue weighted by atomic mass is 16.5. The van der Waals surface area contributed by atoms with Gasteiger partial charge in [0, 0.05) is 23.5 Å². The molecule has 0 saturated heterocycles. The van der Waals surface area contributed by atoms with E-state index < -0.39 is 6.10 Å². The molecule has 3 aromatic rings. The van der Waals surface area contributed by atoms with Crippen molar-refractivity contribution in [3.63, 3.8) is 0 Å². The summed E-state index contributed by atoms with van der Waals surface area (Å²) < 4.78 is 11.5. The van der Waals surface area contributed by atoms with Crippen LogP contribution < -0.4 is 10.2 Å². The molecule has 2 N–H and O–H groups in total. The highest BCUT2D eigenvalue weighted by molar-refractivity contribution is 6.07. The van der Waals surface area contributed by atoms with Gasteiger partial charge in [-0.25, -0.2) is 10.4 Å². The number of hydrazone groups is 1. The lowest BCUT2D eigenvalue weighted by Crippen LogP contribution is -2.33. The first-order valence-corrected chi connectivity index (χ1v) is 9.72. The van der Waals surface area contributed by atoms with E-state index in [0.29, 0.717) is 23.6 Å². The second-order valence-corrected chi connectivity index (χ2v) is 7.23. The van der Waals surface area contributed by atoms with Crippen molar-refractivity contribution in [3.05, 3.63) is 48.0 Å². The third-order valence-corrected chi connectivity index (χ3v) is 4.89. The van der Waals surface area contributed by atoms with Gasteiger partial charge in [0.1, 0.15) is 17.9 Å². The maximum atomic E-state index is 11.6. The topological polar surface area (TPSA) is 97.0 Å². The number of rotatable bonds is 6. The molecule has 1 aromatic heterocycles. The van der Waals surface area contributed by atoms with Crippen LogP contribution in [0.5, 0.6) is 5.75 Å². The maximum Gasteiger partial charge on any atom is 0.240 e. The molecule has 1 aliphatic rings. The second-order valence-electron chi connectivity index (χ2n) is 7.23. The molecule has 0 bridgehead atoms. The predicted molar refractivity (Wildman–Crippen MR) is 110 cm³/mol. The Hall–Kier alpha value is -3.19. The van der Waals surface area contributed by atoms with Crippen molar-refractivity contribution in [1.29, 1.82) is 0 Å². The first kappa shape index (κ1) is 19.1. The molecule has 2 unspecified atom stereocenters. The normalized spacial score (nSPS) is 17.7. The molecular weight excluding hydrogens is 370 g/mol. The van der Waals surface area contributed by atoms with E-state index in [1.54, 1.807) is 6.92 Å². The van der Waals surface area contributed by atoms with E-state index in [1.165, 1.54) is 0 Å². The summed E-state index contributed by atoms with van der Waals surface area (Å²) in [5.41, 5.74) is 6.62. The molecule has 7 nitrogen and oxygen atoms in total. The highest BCUT2D eigenvalue weighted by Crippen LogP contribution is 2.28. The Bertz CT molecular complexity index is 1050. The van der Waals surface area contributed by atoms with Crippen LogP contribution in [-0.2, 0) is 4.79 Å². The monoisotopic (exact) mass is 393 g/mol. The maximum absolute atomic E-state index is 11.6. The van der Waals surface area contributed by atoms with Crippen molar-refractivity contribution < 1.29 is 19.1 Å². The summed E-state index contributed by atoms with van der Waals surface area (Å²) in [6.07, 6.45) is 0.767. The van der Waals surface area contributed by atoms with Crippen molar-refractivity contribution in [3.8, 4) is 17.2 Å². The largest absolute Gasteiger partial charge is 0.491 e. The van der Waals surface area contributed by atoms with E-state index >= 15 is 0 Å². The zero-order chi connectivity index (χ0) is 20.4. The van der Waals surface area contributed by atoms with Gasteiger partial charge >= 0.3 is 0 Å². The van der Waals surface area contributed by atoms with Crippen LogP contribution in [0.2, 0.25) is 0 Å². The number of nitrogens with one attached hydrogen (secondary N) is 1. The number of aliphatic hydroxyl groups excluding tert-OH is 1.